The lowest BCUT2D eigenvalue weighted by Crippen LogP contribution is -2.24. The molecule has 2 N–H and O–H groups in total. The fourth-order valence-electron chi connectivity index (χ4n) is 3.24. The van der Waals surface area contributed by atoms with Crippen LogP contribution in [0.2, 0.25) is 0 Å². The summed E-state index contributed by atoms with van der Waals surface area (Å²) in [5, 5.41) is 6.31. The number of aryl methyl sites for hydroxylation is 1. The van der Waals surface area contributed by atoms with E-state index >= 15 is 0 Å². The number of carbonyl (C=O) groups is 1. The molecular weight excluding hydrogens is 452 g/mol. The molecule has 0 atom stereocenters. The first kappa shape index (κ1) is 29.9. The number of unbranched alkanes of at least 4 members (excludes halogenated alkanes) is 4. The van der Waals surface area contributed by atoms with E-state index in [1.165, 1.54) is 25.7 Å². The average Bonchev–Trinajstić information content (AvgIpc) is 2.81. The third-order valence-corrected chi connectivity index (χ3v) is 6.32. The number of thioether (sulfide) groups is 1. The molecule has 33 heavy (non-hydrogen) atoms. The number of hydrogen-bond donors (Lipinski definition) is 2. The van der Waals surface area contributed by atoms with Crippen LogP contribution in [-0.4, -0.2) is 55.9 Å². The summed E-state index contributed by atoms with van der Waals surface area (Å²) in [5.74, 6) is 1.12. The van der Waals surface area contributed by atoms with Crippen molar-refractivity contribution in [1.82, 2.24) is 5.32 Å². The van der Waals surface area contributed by atoms with Crippen LogP contribution in [0.15, 0.2) is 18.2 Å². The summed E-state index contributed by atoms with van der Waals surface area (Å²) in [7, 11) is 0. The average molecular weight is 497 g/mol. The number of benzene rings is 1. The van der Waals surface area contributed by atoms with Gasteiger partial charge in [0.05, 0.1) is 0 Å². The largest absolute Gasteiger partial charge is 0.381 e. The summed E-state index contributed by atoms with van der Waals surface area (Å²) in [6.07, 6.45) is 11.5. The smallest absolute Gasteiger partial charge is 0.224 e. The zero-order valence-electron chi connectivity index (χ0n) is 20.9. The highest BCUT2D eigenvalue weighted by Crippen LogP contribution is 2.18. The van der Waals surface area contributed by atoms with Crippen molar-refractivity contribution in [2.24, 2.45) is 0 Å². The van der Waals surface area contributed by atoms with E-state index in [0.29, 0.717) is 26.1 Å². The van der Waals surface area contributed by atoms with Gasteiger partial charge in [-0.05, 0) is 56.2 Å². The van der Waals surface area contributed by atoms with Crippen molar-refractivity contribution in [3.8, 4) is 0 Å². The highest BCUT2D eigenvalue weighted by Gasteiger charge is 2.08. The molecule has 0 bridgehead atoms. The van der Waals surface area contributed by atoms with Crippen LogP contribution in [0.5, 0.6) is 0 Å². The Balaban J connectivity index is 2.15. The lowest BCUT2D eigenvalue weighted by atomic mass is 10.1. The van der Waals surface area contributed by atoms with E-state index in [0.717, 1.165) is 66.6 Å². The number of amides is 1. The highest BCUT2D eigenvalue weighted by molar-refractivity contribution is 7.98. The maximum absolute atomic E-state index is 12.4. The molecule has 0 spiro atoms. The molecule has 0 unspecified atom stereocenters. The Kier molecular flexibility index (Phi) is 18.3. The lowest BCUT2D eigenvalue weighted by molar-refractivity contribution is -0.116. The van der Waals surface area contributed by atoms with Gasteiger partial charge in [0.1, 0.15) is 4.99 Å². The number of thiocarbonyl (C=S) groups is 1. The van der Waals surface area contributed by atoms with Crippen LogP contribution in [0.1, 0.15) is 75.8 Å². The molecule has 1 rings (SSSR count). The van der Waals surface area contributed by atoms with Crippen molar-refractivity contribution in [2.75, 3.05) is 50.3 Å². The van der Waals surface area contributed by atoms with Crippen LogP contribution < -0.4 is 10.6 Å². The molecule has 0 aliphatic heterocycles. The predicted molar refractivity (Wildman–Crippen MR) is 147 cm³/mol. The van der Waals surface area contributed by atoms with E-state index in [4.69, 9.17) is 21.7 Å². The zero-order valence-corrected chi connectivity index (χ0v) is 22.5. The Morgan fingerprint density at radius 1 is 0.970 bits per heavy atom. The van der Waals surface area contributed by atoms with Gasteiger partial charge < -0.3 is 20.1 Å². The molecule has 7 heteroatoms. The Bertz CT molecular complexity index is 671. The van der Waals surface area contributed by atoms with Crippen LogP contribution in [0.25, 0.3) is 0 Å². The maximum Gasteiger partial charge on any atom is 0.224 e. The molecule has 0 aromatic heterocycles. The quantitative estimate of drug-likeness (QED) is 0.167. The number of ether oxygens (including phenoxy) is 2. The van der Waals surface area contributed by atoms with E-state index in [-0.39, 0.29) is 5.91 Å². The van der Waals surface area contributed by atoms with Gasteiger partial charge in [-0.15, -0.1) is 0 Å². The number of anilines is 1. The Morgan fingerprint density at radius 3 is 2.39 bits per heavy atom. The molecule has 1 aromatic carbocycles. The van der Waals surface area contributed by atoms with Gasteiger partial charge in [-0.2, -0.15) is 11.8 Å². The van der Waals surface area contributed by atoms with Crippen molar-refractivity contribution >= 4 is 40.6 Å². The molecule has 0 fully saturated rings. The fraction of sp³-hybridized carbons (Fsp3) is 0.692. The van der Waals surface area contributed by atoms with E-state index in [9.17, 15) is 4.79 Å². The van der Waals surface area contributed by atoms with Gasteiger partial charge in [0.15, 0.2) is 0 Å². The monoisotopic (exact) mass is 496 g/mol. The minimum absolute atomic E-state index is 0.00380. The van der Waals surface area contributed by atoms with Gasteiger partial charge in [-0.3, -0.25) is 4.79 Å². The van der Waals surface area contributed by atoms with Gasteiger partial charge in [0, 0.05) is 50.6 Å². The number of carbonyl (C=O) groups excluding carboxylic acids is 1. The Labute approximate surface area is 211 Å². The Hall–Kier alpha value is -1.15. The summed E-state index contributed by atoms with van der Waals surface area (Å²) in [6, 6.07) is 5.95. The van der Waals surface area contributed by atoms with Crippen LogP contribution >= 0.6 is 24.0 Å². The minimum atomic E-state index is 0.00380. The third kappa shape index (κ3) is 15.4. The minimum Gasteiger partial charge on any atom is -0.381 e. The van der Waals surface area contributed by atoms with E-state index in [2.05, 4.69) is 23.8 Å². The van der Waals surface area contributed by atoms with Crippen LogP contribution in [0, 0.1) is 6.92 Å². The molecule has 0 aliphatic rings. The number of hydrogen-bond acceptors (Lipinski definition) is 5. The fourth-order valence-corrected chi connectivity index (χ4v) is 3.90. The van der Waals surface area contributed by atoms with Crippen LogP contribution in [-0.2, 0) is 14.3 Å². The molecule has 0 radical (unpaired) electrons. The van der Waals surface area contributed by atoms with Crippen molar-refractivity contribution in [1.29, 1.82) is 0 Å². The molecule has 0 saturated heterocycles. The summed E-state index contributed by atoms with van der Waals surface area (Å²) >= 11 is 7.33. The SMILES string of the molecule is CCCCCCCOCCCOCCCC(=O)Nc1cc(C(=S)NCCCSC)ccc1C. The molecule has 0 heterocycles. The molecular formula is C26H44N2O3S2. The first-order valence-electron chi connectivity index (χ1n) is 12.4. The molecule has 188 valence electrons. The second-order valence-electron chi connectivity index (χ2n) is 8.28. The molecule has 0 aliphatic carbocycles. The van der Waals surface area contributed by atoms with Crippen molar-refractivity contribution in [3.05, 3.63) is 29.3 Å². The standard InChI is InChI=1S/C26H44N2O3S2/c1-4-5-6-7-8-16-30-18-11-19-31-17-9-12-25(29)28-24-21-23(14-13-22(24)2)26(32)27-15-10-20-33-3/h13-14,21H,4-12,15-20H2,1-3H3,(H,27,32)(H,28,29). The highest BCUT2D eigenvalue weighted by atomic mass is 32.2. The third-order valence-electron chi connectivity index (χ3n) is 5.25. The van der Waals surface area contributed by atoms with Crippen LogP contribution in [0.3, 0.4) is 0 Å². The normalized spacial score (nSPS) is 10.9. The maximum atomic E-state index is 12.4. The summed E-state index contributed by atoms with van der Waals surface area (Å²) in [6.45, 7) is 7.95. The first-order chi connectivity index (χ1) is 16.1. The van der Waals surface area contributed by atoms with Gasteiger partial charge >= 0.3 is 0 Å². The topological polar surface area (TPSA) is 59.6 Å². The van der Waals surface area contributed by atoms with Crippen molar-refractivity contribution in [3.63, 3.8) is 0 Å². The van der Waals surface area contributed by atoms with Crippen molar-refractivity contribution in [2.45, 2.75) is 71.6 Å². The number of nitrogens with one attached hydrogen (secondary N) is 2. The molecule has 5 nitrogen and oxygen atoms in total. The summed E-state index contributed by atoms with van der Waals surface area (Å²) in [5.41, 5.74) is 2.78. The van der Waals surface area contributed by atoms with Gasteiger partial charge in [0.25, 0.3) is 0 Å². The van der Waals surface area contributed by atoms with E-state index in [1.807, 2.05) is 36.9 Å². The molecule has 0 saturated carbocycles. The summed E-state index contributed by atoms with van der Waals surface area (Å²) < 4.78 is 11.3. The second kappa shape index (κ2) is 20.2. The Morgan fingerprint density at radius 2 is 1.67 bits per heavy atom. The lowest BCUT2D eigenvalue weighted by Gasteiger charge is -2.13. The first-order valence-corrected chi connectivity index (χ1v) is 14.2. The number of rotatable bonds is 20. The second-order valence-corrected chi connectivity index (χ2v) is 9.67. The molecule has 1 amide bonds. The van der Waals surface area contributed by atoms with Gasteiger partial charge in [-0.25, -0.2) is 0 Å². The van der Waals surface area contributed by atoms with E-state index < -0.39 is 0 Å². The van der Waals surface area contributed by atoms with Crippen LogP contribution in [0.4, 0.5) is 5.69 Å². The van der Waals surface area contributed by atoms with Gasteiger partial charge in [0.2, 0.25) is 5.91 Å². The summed E-state index contributed by atoms with van der Waals surface area (Å²) in [4.78, 5) is 13.1. The van der Waals surface area contributed by atoms with Crippen molar-refractivity contribution < 1.29 is 14.3 Å². The van der Waals surface area contributed by atoms with E-state index in [1.54, 1.807) is 0 Å². The zero-order chi connectivity index (χ0) is 24.2. The molecule has 1 aromatic rings. The van der Waals surface area contributed by atoms with Gasteiger partial charge in [-0.1, -0.05) is 57.0 Å². The predicted octanol–water partition coefficient (Wildman–Crippen LogP) is 6.13.